The highest BCUT2D eigenvalue weighted by Crippen LogP contribution is 2.20. The van der Waals surface area contributed by atoms with Crippen molar-refractivity contribution >= 4 is 41.0 Å². The zero-order valence-corrected chi connectivity index (χ0v) is 16.1. The summed E-state index contributed by atoms with van der Waals surface area (Å²) < 4.78 is 0. The zero-order valence-electron chi connectivity index (χ0n) is 13.8. The van der Waals surface area contributed by atoms with E-state index < -0.39 is 0 Å². The Bertz CT molecular complexity index is 629. The molecule has 0 radical (unpaired) electrons. The molecule has 2 nitrogen and oxygen atoms in total. The number of aryl methyl sites for hydroxylation is 1. The quantitative estimate of drug-likeness (QED) is 0.480. The average Bonchev–Trinajstić information content (AvgIpc) is 2.58. The normalized spacial score (nSPS) is 10.6. The summed E-state index contributed by atoms with van der Waals surface area (Å²) in [5.41, 5.74) is 2.61. The fraction of sp³-hybridized carbons (Fsp3) is 0.316. The lowest BCUT2D eigenvalue weighted by molar-refractivity contribution is -0.120. The maximum Gasteiger partial charge on any atom is 0.220 e. The SMILES string of the molecule is Cc1ccc(CSCCNC(=O)CCSc2ccc(Cl)cc2)cc1. The van der Waals surface area contributed by atoms with Gasteiger partial charge < -0.3 is 5.32 Å². The van der Waals surface area contributed by atoms with Crippen LogP contribution in [-0.4, -0.2) is 24.0 Å². The van der Waals surface area contributed by atoms with E-state index in [0.29, 0.717) is 6.42 Å². The molecule has 128 valence electrons. The van der Waals surface area contributed by atoms with Gasteiger partial charge in [0.25, 0.3) is 0 Å². The largest absolute Gasteiger partial charge is 0.355 e. The number of carbonyl (C=O) groups excluding carboxylic acids is 1. The van der Waals surface area contributed by atoms with Crippen molar-refractivity contribution in [1.29, 1.82) is 0 Å². The van der Waals surface area contributed by atoms with Crippen molar-refractivity contribution in [2.24, 2.45) is 0 Å². The minimum absolute atomic E-state index is 0.118. The second-order valence-electron chi connectivity index (χ2n) is 5.44. The predicted octanol–water partition coefficient (Wildman–Crippen LogP) is 5.18. The molecule has 0 unspecified atom stereocenters. The molecule has 0 spiro atoms. The Labute approximate surface area is 157 Å². The molecule has 2 aromatic rings. The van der Waals surface area contributed by atoms with Crippen LogP contribution in [0.4, 0.5) is 0 Å². The molecule has 0 aliphatic rings. The van der Waals surface area contributed by atoms with Crippen LogP contribution < -0.4 is 5.32 Å². The number of carbonyl (C=O) groups is 1. The first-order valence-electron chi connectivity index (χ1n) is 7.92. The first kappa shape index (κ1) is 19.2. The monoisotopic (exact) mass is 379 g/mol. The highest BCUT2D eigenvalue weighted by atomic mass is 35.5. The number of benzene rings is 2. The van der Waals surface area contributed by atoms with Gasteiger partial charge in [-0.3, -0.25) is 4.79 Å². The van der Waals surface area contributed by atoms with Crippen molar-refractivity contribution in [3.05, 3.63) is 64.7 Å². The third-order valence-electron chi connectivity index (χ3n) is 3.37. The van der Waals surface area contributed by atoms with Crippen LogP contribution in [0.1, 0.15) is 17.5 Å². The molecule has 0 aliphatic carbocycles. The van der Waals surface area contributed by atoms with Gasteiger partial charge in [0.05, 0.1) is 0 Å². The number of hydrogen-bond acceptors (Lipinski definition) is 3. The van der Waals surface area contributed by atoms with Crippen LogP contribution in [0.5, 0.6) is 0 Å². The van der Waals surface area contributed by atoms with Crippen LogP contribution in [0.2, 0.25) is 5.02 Å². The van der Waals surface area contributed by atoms with E-state index in [9.17, 15) is 4.79 Å². The average molecular weight is 380 g/mol. The summed E-state index contributed by atoms with van der Waals surface area (Å²) >= 11 is 9.37. The molecular weight excluding hydrogens is 358 g/mol. The smallest absolute Gasteiger partial charge is 0.220 e. The second kappa shape index (κ2) is 10.7. The summed E-state index contributed by atoms with van der Waals surface area (Å²) in [7, 11) is 0. The highest BCUT2D eigenvalue weighted by molar-refractivity contribution is 7.99. The third kappa shape index (κ3) is 7.65. The van der Waals surface area contributed by atoms with Gasteiger partial charge in [0.2, 0.25) is 5.91 Å². The van der Waals surface area contributed by atoms with Crippen LogP contribution in [0, 0.1) is 6.92 Å². The van der Waals surface area contributed by atoms with Crippen LogP contribution in [0.3, 0.4) is 0 Å². The Morgan fingerprint density at radius 1 is 1.04 bits per heavy atom. The molecule has 0 aliphatic heterocycles. The molecule has 0 heterocycles. The van der Waals surface area contributed by atoms with Crippen molar-refractivity contribution < 1.29 is 4.79 Å². The molecule has 0 saturated heterocycles. The molecule has 0 saturated carbocycles. The molecule has 1 N–H and O–H groups in total. The zero-order chi connectivity index (χ0) is 17.2. The standard InChI is InChI=1S/C19H22ClNOS2/c1-15-2-4-16(5-3-15)14-23-13-11-21-19(22)10-12-24-18-8-6-17(20)7-9-18/h2-9H,10-14H2,1H3,(H,21,22). The number of halogens is 1. The maximum atomic E-state index is 11.8. The minimum atomic E-state index is 0.118. The van der Waals surface area contributed by atoms with Crippen molar-refractivity contribution in [2.75, 3.05) is 18.1 Å². The molecular formula is C19H22ClNOS2. The Balaban J connectivity index is 1.51. The fourth-order valence-electron chi connectivity index (χ4n) is 2.02. The molecule has 0 fully saturated rings. The fourth-order valence-corrected chi connectivity index (χ4v) is 3.81. The third-order valence-corrected chi connectivity index (χ3v) is 5.67. The number of hydrogen-bond donors (Lipinski definition) is 1. The first-order valence-corrected chi connectivity index (χ1v) is 10.4. The molecule has 5 heteroatoms. The Morgan fingerprint density at radius 2 is 1.75 bits per heavy atom. The lowest BCUT2D eigenvalue weighted by atomic mass is 10.2. The molecule has 0 atom stereocenters. The van der Waals surface area contributed by atoms with E-state index in [1.165, 1.54) is 11.1 Å². The number of thioether (sulfide) groups is 2. The maximum absolute atomic E-state index is 11.8. The van der Waals surface area contributed by atoms with E-state index in [0.717, 1.165) is 33.7 Å². The summed E-state index contributed by atoms with van der Waals surface area (Å²) in [6.45, 7) is 2.82. The van der Waals surface area contributed by atoms with Crippen molar-refractivity contribution in [3.8, 4) is 0 Å². The highest BCUT2D eigenvalue weighted by Gasteiger charge is 2.02. The van der Waals surface area contributed by atoms with Gasteiger partial charge in [-0.25, -0.2) is 0 Å². The van der Waals surface area contributed by atoms with E-state index in [1.807, 2.05) is 36.0 Å². The van der Waals surface area contributed by atoms with E-state index in [2.05, 4.69) is 36.5 Å². The van der Waals surface area contributed by atoms with Gasteiger partial charge >= 0.3 is 0 Å². The van der Waals surface area contributed by atoms with E-state index in [1.54, 1.807) is 11.8 Å². The summed E-state index contributed by atoms with van der Waals surface area (Å²) in [4.78, 5) is 12.9. The Hall–Kier alpha value is -1.10. The van der Waals surface area contributed by atoms with Gasteiger partial charge in [-0.1, -0.05) is 41.4 Å². The van der Waals surface area contributed by atoms with Crippen LogP contribution in [-0.2, 0) is 10.5 Å². The van der Waals surface area contributed by atoms with Gasteiger partial charge in [-0.2, -0.15) is 11.8 Å². The van der Waals surface area contributed by atoms with Gasteiger partial charge in [-0.15, -0.1) is 11.8 Å². The van der Waals surface area contributed by atoms with Gasteiger partial charge in [0, 0.05) is 40.1 Å². The van der Waals surface area contributed by atoms with Crippen LogP contribution >= 0.6 is 35.1 Å². The first-order chi connectivity index (χ1) is 11.6. The topological polar surface area (TPSA) is 29.1 Å². The molecule has 1 amide bonds. The molecule has 24 heavy (non-hydrogen) atoms. The second-order valence-corrected chi connectivity index (χ2v) is 8.15. The lowest BCUT2D eigenvalue weighted by Gasteiger charge is -2.06. The lowest BCUT2D eigenvalue weighted by Crippen LogP contribution is -2.25. The Morgan fingerprint density at radius 3 is 2.46 bits per heavy atom. The number of nitrogens with one attached hydrogen (secondary N) is 1. The molecule has 0 aromatic heterocycles. The summed E-state index contributed by atoms with van der Waals surface area (Å²) in [5.74, 6) is 2.82. The predicted molar refractivity (Wildman–Crippen MR) is 107 cm³/mol. The number of amides is 1. The molecule has 0 bridgehead atoms. The van der Waals surface area contributed by atoms with E-state index in [4.69, 9.17) is 11.6 Å². The van der Waals surface area contributed by atoms with Crippen LogP contribution in [0.15, 0.2) is 53.4 Å². The van der Waals surface area contributed by atoms with Crippen molar-refractivity contribution in [1.82, 2.24) is 5.32 Å². The summed E-state index contributed by atoms with van der Waals surface area (Å²) in [6, 6.07) is 16.3. The van der Waals surface area contributed by atoms with Gasteiger partial charge in [0.15, 0.2) is 0 Å². The molecule has 2 rings (SSSR count). The number of rotatable bonds is 9. The van der Waals surface area contributed by atoms with Crippen molar-refractivity contribution in [2.45, 2.75) is 24.0 Å². The molecule has 2 aromatic carbocycles. The van der Waals surface area contributed by atoms with Crippen LogP contribution in [0.25, 0.3) is 0 Å². The van der Waals surface area contributed by atoms with Gasteiger partial charge in [0.1, 0.15) is 0 Å². The minimum Gasteiger partial charge on any atom is -0.355 e. The summed E-state index contributed by atoms with van der Waals surface area (Å²) in [5, 5.41) is 3.72. The van der Waals surface area contributed by atoms with Crippen molar-refractivity contribution in [3.63, 3.8) is 0 Å². The summed E-state index contributed by atoms with van der Waals surface area (Å²) in [6.07, 6.45) is 0.538. The van der Waals surface area contributed by atoms with E-state index >= 15 is 0 Å². The van der Waals surface area contributed by atoms with E-state index in [-0.39, 0.29) is 5.91 Å². The Kier molecular flexibility index (Phi) is 8.57. The van der Waals surface area contributed by atoms with Gasteiger partial charge in [-0.05, 0) is 36.8 Å².